The summed E-state index contributed by atoms with van der Waals surface area (Å²) in [6.45, 7) is 1.75. The van der Waals surface area contributed by atoms with Crippen molar-refractivity contribution in [2.45, 2.75) is 38.7 Å². The molecule has 1 N–H and O–H groups in total. The molecular formula is C17H24F2N2O. The van der Waals surface area contributed by atoms with Gasteiger partial charge in [0.2, 0.25) is 5.91 Å². The summed E-state index contributed by atoms with van der Waals surface area (Å²) >= 11 is 0. The first kappa shape index (κ1) is 16.9. The highest BCUT2D eigenvalue weighted by Crippen LogP contribution is 2.19. The second-order valence-corrected chi connectivity index (χ2v) is 5.88. The predicted octanol–water partition coefficient (Wildman–Crippen LogP) is 3.06. The maximum atomic E-state index is 12.7. The molecule has 3 nitrogen and oxygen atoms in total. The van der Waals surface area contributed by atoms with Crippen LogP contribution in [0.3, 0.4) is 0 Å². The molecule has 0 unspecified atom stereocenters. The molecule has 0 aromatic heterocycles. The van der Waals surface area contributed by atoms with E-state index in [1.807, 2.05) is 30.3 Å². The largest absolute Gasteiger partial charge is 0.333 e. The van der Waals surface area contributed by atoms with Crippen LogP contribution in [0.2, 0.25) is 0 Å². The number of nitrogens with zero attached hydrogens (tertiary/aromatic N) is 1. The van der Waals surface area contributed by atoms with Crippen molar-refractivity contribution < 1.29 is 13.6 Å². The molecule has 1 saturated heterocycles. The number of rotatable bonds is 7. The number of carbonyl (C=O) groups is 1. The van der Waals surface area contributed by atoms with E-state index in [1.54, 1.807) is 0 Å². The Morgan fingerprint density at radius 3 is 2.55 bits per heavy atom. The van der Waals surface area contributed by atoms with Crippen LogP contribution in [0.5, 0.6) is 0 Å². The molecule has 1 amide bonds. The van der Waals surface area contributed by atoms with Crippen LogP contribution in [0.4, 0.5) is 8.78 Å². The van der Waals surface area contributed by atoms with Crippen LogP contribution < -0.4 is 5.32 Å². The van der Waals surface area contributed by atoms with Crippen LogP contribution in [-0.2, 0) is 11.3 Å². The maximum absolute atomic E-state index is 12.7. The number of piperidine rings is 1. The molecule has 5 heteroatoms. The molecule has 2 rings (SSSR count). The minimum absolute atomic E-state index is 0.164. The van der Waals surface area contributed by atoms with Crippen molar-refractivity contribution in [2.24, 2.45) is 5.92 Å². The molecule has 122 valence electrons. The van der Waals surface area contributed by atoms with Crippen LogP contribution in [0.25, 0.3) is 0 Å². The normalized spacial score (nSPS) is 16.0. The van der Waals surface area contributed by atoms with E-state index in [0.29, 0.717) is 12.3 Å². The van der Waals surface area contributed by atoms with Crippen molar-refractivity contribution >= 4 is 5.91 Å². The summed E-state index contributed by atoms with van der Waals surface area (Å²) in [6, 6.07) is 9.31. The topological polar surface area (TPSA) is 32.3 Å². The van der Waals surface area contributed by atoms with E-state index in [0.717, 1.165) is 37.9 Å². The molecule has 1 heterocycles. The molecule has 22 heavy (non-hydrogen) atoms. The summed E-state index contributed by atoms with van der Waals surface area (Å²) in [5, 5.41) is 3.29. The Kier molecular flexibility index (Phi) is 6.77. The lowest BCUT2D eigenvalue weighted by Crippen LogP contribution is -2.35. The molecule has 1 aliphatic heterocycles. The summed E-state index contributed by atoms with van der Waals surface area (Å²) in [6.07, 6.45) is 0.812. The summed E-state index contributed by atoms with van der Waals surface area (Å²) < 4.78 is 25.5. The Morgan fingerprint density at radius 2 is 1.91 bits per heavy atom. The van der Waals surface area contributed by atoms with Crippen molar-refractivity contribution in [2.75, 3.05) is 19.6 Å². The van der Waals surface area contributed by atoms with E-state index in [1.165, 1.54) is 4.90 Å². The number of benzene rings is 1. The third-order valence-electron chi connectivity index (χ3n) is 4.15. The van der Waals surface area contributed by atoms with Crippen molar-refractivity contribution in [1.82, 2.24) is 10.2 Å². The Balaban J connectivity index is 1.87. The molecular weight excluding hydrogens is 286 g/mol. The van der Waals surface area contributed by atoms with Crippen LogP contribution in [-0.4, -0.2) is 36.9 Å². The Bertz CT molecular complexity index is 447. The van der Waals surface area contributed by atoms with Crippen molar-refractivity contribution in [1.29, 1.82) is 0 Å². The van der Waals surface area contributed by atoms with Gasteiger partial charge in [0.15, 0.2) is 0 Å². The fourth-order valence-electron chi connectivity index (χ4n) is 2.88. The van der Waals surface area contributed by atoms with Gasteiger partial charge in [0.25, 0.3) is 6.43 Å². The van der Waals surface area contributed by atoms with E-state index in [9.17, 15) is 13.6 Å². The maximum Gasteiger partial charge on any atom is 0.255 e. The summed E-state index contributed by atoms with van der Waals surface area (Å²) in [5.41, 5.74) is 0.887. The number of hydrogen-bond donors (Lipinski definition) is 1. The second-order valence-electron chi connectivity index (χ2n) is 5.88. The van der Waals surface area contributed by atoms with E-state index in [4.69, 9.17) is 0 Å². The predicted molar refractivity (Wildman–Crippen MR) is 82.7 cm³/mol. The zero-order chi connectivity index (χ0) is 15.8. The zero-order valence-corrected chi connectivity index (χ0v) is 12.8. The minimum Gasteiger partial charge on any atom is -0.333 e. The van der Waals surface area contributed by atoms with E-state index < -0.39 is 13.0 Å². The van der Waals surface area contributed by atoms with Gasteiger partial charge in [-0.1, -0.05) is 30.3 Å². The van der Waals surface area contributed by atoms with Gasteiger partial charge in [-0.2, -0.15) is 0 Å². The lowest BCUT2D eigenvalue weighted by molar-refractivity contribution is -0.134. The quantitative estimate of drug-likeness (QED) is 0.839. The van der Waals surface area contributed by atoms with Crippen molar-refractivity contribution in [3.05, 3.63) is 35.9 Å². The van der Waals surface area contributed by atoms with Gasteiger partial charge in [-0.15, -0.1) is 0 Å². The molecule has 0 saturated carbocycles. The van der Waals surface area contributed by atoms with Crippen LogP contribution in [0, 0.1) is 5.92 Å². The lowest BCUT2D eigenvalue weighted by Gasteiger charge is -2.25. The highest BCUT2D eigenvalue weighted by Gasteiger charge is 2.20. The zero-order valence-electron chi connectivity index (χ0n) is 12.8. The summed E-state index contributed by atoms with van der Waals surface area (Å²) in [5.74, 6) is 0.373. The van der Waals surface area contributed by atoms with E-state index in [2.05, 4.69) is 5.32 Å². The molecule has 0 radical (unpaired) electrons. The van der Waals surface area contributed by atoms with Gasteiger partial charge >= 0.3 is 0 Å². The van der Waals surface area contributed by atoms with Crippen molar-refractivity contribution in [3.63, 3.8) is 0 Å². The molecule has 0 aliphatic carbocycles. The average Bonchev–Trinajstić information content (AvgIpc) is 2.53. The highest BCUT2D eigenvalue weighted by atomic mass is 19.3. The van der Waals surface area contributed by atoms with E-state index in [-0.39, 0.29) is 12.5 Å². The third-order valence-corrected chi connectivity index (χ3v) is 4.15. The Hall–Kier alpha value is -1.49. The standard InChI is InChI=1S/C17H24F2N2O/c18-16(19)13-21(12-15-4-2-1-3-5-15)17(22)7-6-14-8-10-20-11-9-14/h1-5,14,16,20H,6-13H2. The van der Waals surface area contributed by atoms with E-state index >= 15 is 0 Å². The minimum atomic E-state index is -2.49. The average molecular weight is 310 g/mol. The molecule has 0 atom stereocenters. The highest BCUT2D eigenvalue weighted by molar-refractivity contribution is 5.76. The molecule has 1 fully saturated rings. The smallest absolute Gasteiger partial charge is 0.255 e. The summed E-state index contributed by atoms with van der Waals surface area (Å²) in [7, 11) is 0. The van der Waals surface area contributed by atoms with Gasteiger partial charge in [-0.05, 0) is 43.8 Å². The Morgan fingerprint density at radius 1 is 1.23 bits per heavy atom. The number of carbonyl (C=O) groups excluding carboxylic acids is 1. The van der Waals surface area contributed by atoms with Gasteiger partial charge in [-0.25, -0.2) is 8.78 Å². The number of alkyl halides is 2. The lowest BCUT2D eigenvalue weighted by atomic mass is 9.93. The van der Waals surface area contributed by atoms with Gasteiger partial charge < -0.3 is 10.2 Å². The molecule has 1 aromatic rings. The van der Waals surface area contributed by atoms with Gasteiger partial charge in [0.1, 0.15) is 0 Å². The molecule has 0 bridgehead atoms. The van der Waals surface area contributed by atoms with Crippen molar-refractivity contribution in [3.8, 4) is 0 Å². The number of amides is 1. The fourth-order valence-corrected chi connectivity index (χ4v) is 2.88. The Labute approximate surface area is 130 Å². The summed E-state index contributed by atoms with van der Waals surface area (Å²) in [4.78, 5) is 13.6. The second kappa shape index (κ2) is 8.83. The first-order chi connectivity index (χ1) is 10.6. The van der Waals surface area contributed by atoms with Crippen LogP contribution in [0.15, 0.2) is 30.3 Å². The number of nitrogens with one attached hydrogen (secondary N) is 1. The third kappa shape index (κ3) is 5.72. The van der Waals surface area contributed by atoms with Gasteiger partial charge in [0.05, 0.1) is 6.54 Å². The SMILES string of the molecule is O=C(CCC1CCNCC1)N(Cc1ccccc1)CC(F)F. The number of halogens is 2. The monoisotopic (exact) mass is 310 g/mol. The first-order valence-electron chi connectivity index (χ1n) is 7.95. The molecule has 1 aromatic carbocycles. The van der Waals surface area contributed by atoms with Crippen LogP contribution in [0.1, 0.15) is 31.2 Å². The number of hydrogen-bond acceptors (Lipinski definition) is 2. The van der Waals surface area contributed by atoms with Gasteiger partial charge in [0, 0.05) is 13.0 Å². The first-order valence-corrected chi connectivity index (χ1v) is 7.95. The fraction of sp³-hybridized carbons (Fsp3) is 0.588. The van der Waals surface area contributed by atoms with Gasteiger partial charge in [-0.3, -0.25) is 4.79 Å². The molecule has 0 spiro atoms. The molecule has 1 aliphatic rings. The van der Waals surface area contributed by atoms with Crippen LogP contribution >= 0.6 is 0 Å².